The first-order valence-corrected chi connectivity index (χ1v) is 7.80. The molecule has 1 atom stereocenters. The molecule has 1 unspecified atom stereocenters. The quantitative estimate of drug-likeness (QED) is 0.876. The van der Waals surface area contributed by atoms with Crippen molar-refractivity contribution in [3.63, 3.8) is 0 Å². The maximum atomic E-state index is 12.1. The molecule has 1 amide bonds. The van der Waals surface area contributed by atoms with E-state index in [1.165, 1.54) is 0 Å². The number of hydrogen-bond acceptors (Lipinski definition) is 4. The van der Waals surface area contributed by atoms with Crippen molar-refractivity contribution in [2.75, 3.05) is 27.3 Å². The van der Waals surface area contributed by atoms with Crippen LogP contribution < -0.4 is 14.8 Å². The topological polar surface area (TPSA) is 50.8 Å². The summed E-state index contributed by atoms with van der Waals surface area (Å²) in [5.41, 5.74) is 1.09. The molecule has 1 aromatic rings. The van der Waals surface area contributed by atoms with Crippen molar-refractivity contribution >= 4 is 5.91 Å². The minimum absolute atomic E-state index is 0.0729. The molecule has 122 valence electrons. The van der Waals surface area contributed by atoms with Crippen LogP contribution in [-0.2, 0) is 4.79 Å². The van der Waals surface area contributed by atoms with Crippen LogP contribution >= 0.6 is 0 Å². The summed E-state index contributed by atoms with van der Waals surface area (Å²) in [6.45, 7) is 5.30. The normalized spacial score (nSPS) is 18.5. The molecule has 1 fully saturated rings. The van der Waals surface area contributed by atoms with Crippen molar-refractivity contribution in [3.05, 3.63) is 23.8 Å². The summed E-state index contributed by atoms with van der Waals surface area (Å²) in [4.78, 5) is 14.3. The summed E-state index contributed by atoms with van der Waals surface area (Å²) >= 11 is 0. The number of amides is 1. The molecule has 0 aromatic heterocycles. The lowest BCUT2D eigenvalue weighted by Crippen LogP contribution is -2.39. The molecule has 2 rings (SSSR count). The number of methoxy groups -OCH3 is 2. The molecule has 5 nitrogen and oxygen atoms in total. The molecule has 1 aliphatic heterocycles. The van der Waals surface area contributed by atoms with Gasteiger partial charge in [-0.3, -0.25) is 9.69 Å². The van der Waals surface area contributed by atoms with Gasteiger partial charge in [-0.15, -0.1) is 0 Å². The highest BCUT2D eigenvalue weighted by atomic mass is 16.5. The second kappa shape index (κ2) is 7.49. The van der Waals surface area contributed by atoms with E-state index in [-0.39, 0.29) is 18.0 Å². The van der Waals surface area contributed by atoms with Crippen molar-refractivity contribution < 1.29 is 14.3 Å². The monoisotopic (exact) mass is 306 g/mol. The molecule has 0 aliphatic carbocycles. The van der Waals surface area contributed by atoms with Gasteiger partial charge in [-0.05, 0) is 51.4 Å². The van der Waals surface area contributed by atoms with Crippen molar-refractivity contribution in [2.24, 2.45) is 0 Å². The van der Waals surface area contributed by atoms with E-state index < -0.39 is 0 Å². The van der Waals surface area contributed by atoms with Crippen LogP contribution in [0.3, 0.4) is 0 Å². The first-order chi connectivity index (χ1) is 10.5. The largest absolute Gasteiger partial charge is 0.497 e. The predicted octanol–water partition coefficient (Wildman–Crippen LogP) is 2.37. The third-order valence-corrected chi connectivity index (χ3v) is 3.96. The molecule has 22 heavy (non-hydrogen) atoms. The first kappa shape index (κ1) is 16.6. The van der Waals surface area contributed by atoms with Crippen LogP contribution in [0.4, 0.5) is 0 Å². The lowest BCUT2D eigenvalue weighted by atomic mass is 10.0. The first-order valence-electron chi connectivity index (χ1n) is 7.80. The Morgan fingerprint density at radius 2 is 2.14 bits per heavy atom. The SMILES string of the molecule is COc1ccc(OC)c(C2CCCN2CC(=O)NC(C)C)c1. The van der Waals surface area contributed by atoms with Gasteiger partial charge >= 0.3 is 0 Å². The van der Waals surface area contributed by atoms with Crippen molar-refractivity contribution in [1.29, 1.82) is 0 Å². The van der Waals surface area contributed by atoms with Crippen LogP contribution in [0.15, 0.2) is 18.2 Å². The van der Waals surface area contributed by atoms with Gasteiger partial charge in [0.05, 0.1) is 20.8 Å². The summed E-state index contributed by atoms with van der Waals surface area (Å²) in [7, 11) is 3.34. The van der Waals surface area contributed by atoms with Crippen LogP contribution in [0.5, 0.6) is 11.5 Å². The Morgan fingerprint density at radius 3 is 2.77 bits per heavy atom. The van der Waals surface area contributed by atoms with Crippen molar-refractivity contribution in [3.8, 4) is 11.5 Å². The van der Waals surface area contributed by atoms with Gasteiger partial charge in [0.1, 0.15) is 11.5 Å². The molecule has 1 heterocycles. The Bertz CT molecular complexity index is 517. The van der Waals surface area contributed by atoms with Gasteiger partial charge in [0.2, 0.25) is 5.91 Å². The highest BCUT2D eigenvalue weighted by Crippen LogP contribution is 2.38. The molecule has 1 aliphatic rings. The number of carbonyl (C=O) groups is 1. The van der Waals surface area contributed by atoms with E-state index in [0.717, 1.165) is 36.4 Å². The van der Waals surface area contributed by atoms with Gasteiger partial charge in [-0.25, -0.2) is 0 Å². The molecule has 1 N–H and O–H groups in total. The minimum atomic E-state index is 0.0729. The fourth-order valence-electron chi connectivity index (χ4n) is 3.02. The fraction of sp³-hybridized carbons (Fsp3) is 0.588. The highest BCUT2D eigenvalue weighted by molar-refractivity contribution is 5.78. The van der Waals surface area contributed by atoms with E-state index in [9.17, 15) is 4.79 Å². The number of hydrogen-bond donors (Lipinski definition) is 1. The van der Waals surface area contributed by atoms with E-state index in [0.29, 0.717) is 6.54 Å². The van der Waals surface area contributed by atoms with Crippen LogP contribution in [0, 0.1) is 0 Å². The van der Waals surface area contributed by atoms with Crippen molar-refractivity contribution in [2.45, 2.75) is 38.8 Å². The molecule has 1 aromatic carbocycles. The number of nitrogens with zero attached hydrogens (tertiary/aromatic N) is 1. The molecule has 0 bridgehead atoms. The van der Waals surface area contributed by atoms with Crippen molar-refractivity contribution in [1.82, 2.24) is 10.2 Å². The Balaban J connectivity index is 2.17. The maximum absolute atomic E-state index is 12.1. The Hall–Kier alpha value is -1.75. The summed E-state index contributed by atoms with van der Waals surface area (Å²) in [6.07, 6.45) is 2.11. The average molecular weight is 306 g/mol. The summed E-state index contributed by atoms with van der Waals surface area (Å²) < 4.78 is 10.8. The molecule has 0 spiro atoms. The van der Waals surface area contributed by atoms with E-state index in [4.69, 9.17) is 9.47 Å². The van der Waals surface area contributed by atoms with Gasteiger partial charge in [-0.2, -0.15) is 0 Å². The molecular formula is C17H26N2O3. The van der Waals surface area contributed by atoms with Gasteiger partial charge < -0.3 is 14.8 Å². The highest BCUT2D eigenvalue weighted by Gasteiger charge is 2.30. The number of likely N-dealkylation sites (tertiary alicyclic amines) is 1. The third-order valence-electron chi connectivity index (χ3n) is 3.96. The zero-order valence-corrected chi connectivity index (χ0v) is 13.9. The standard InChI is InChI=1S/C17H26N2O3/c1-12(2)18-17(20)11-19-9-5-6-15(19)14-10-13(21-3)7-8-16(14)22-4/h7-8,10,12,15H,5-6,9,11H2,1-4H3,(H,18,20). The fourth-order valence-corrected chi connectivity index (χ4v) is 3.02. The zero-order valence-electron chi connectivity index (χ0n) is 13.9. The van der Waals surface area contributed by atoms with Gasteiger partial charge in [0.25, 0.3) is 0 Å². The molecular weight excluding hydrogens is 280 g/mol. The molecule has 0 radical (unpaired) electrons. The summed E-state index contributed by atoms with van der Waals surface area (Å²) in [6, 6.07) is 6.21. The Labute approximate surface area is 132 Å². The second-order valence-corrected chi connectivity index (χ2v) is 5.96. The van der Waals surface area contributed by atoms with Crippen LogP contribution in [0.1, 0.15) is 38.3 Å². The third kappa shape index (κ3) is 3.91. The zero-order chi connectivity index (χ0) is 16.1. The lowest BCUT2D eigenvalue weighted by molar-refractivity contribution is -0.123. The summed E-state index contributed by atoms with van der Waals surface area (Å²) in [5.74, 6) is 1.74. The predicted molar refractivity (Wildman–Crippen MR) is 86.4 cm³/mol. The average Bonchev–Trinajstić information content (AvgIpc) is 2.93. The van der Waals surface area contributed by atoms with Gasteiger partial charge in [0.15, 0.2) is 0 Å². The second-order valence-electron chi connectivity index (χ2n) is 5.96. The van der Waals surface area contributed by atoms with E-state index >= 15 is 0 Å². The Kier molecular flexibility index (Phi) is 5.66. The van der Waals surface area contributed by atoms with E-state index in [2.05, 4.69) is 10.2 Å². The van der Waals surface area contributed by atoms with E-state index in [1.807, 2.05) is 32.0 Å². The van der Waals surface area contributed by atoms with Gasteiger partial charge in [0, 0.05) is 17.6 Å². The summed E-state index contributed by atoms with van der Waals surface area (Å²) in [5, 5.41) is 2.96. The number of ether oxygens (including phenoxy) is 2. The molecule has 5 heteroatoms. The number of benzene rings is 1. The number of rotatable bonds is 6. The van der Waals surface area contributed by atoms with Crippen LogP contribution in [0.25, 0.3) is 0 Å². The number of carbonyl (C=O) groups excluding carboxylic acids is 1. The minimum Gasteiger partial charge on any atom is -0.497 e. The maximum Gasteiger partial charge on any atom is 0.234 e. The molecule has 0 saturated carbocycles. The Morgan fingerprint density at radius 1 is 1.36 bits per heavy atom. The number of nitrogens with one attached hydrogen (secondary N) is 1. The van der Waals surface area contributed by atoms with Crippen LogP contribution in [0.2, 0.25) is 0 Å². The van der Waals surface area contributed by atoms with Gasteiger partial charge in [-0.1, -0.05) is 0 Å². The van der Waals surface area contributed by atoms with E-state index in [1.54, 1.807) is 14.2 Å². The smallest absolute Gasteiger partial charge is 0.234 e. The molecule has 1 saturated heterocycles. The lowest BCUT2D eigenvalue weighted by Gasteiger charge is -2.26. The van der Waals surface area contributed by atoms with Crippen LogP contribution in [-0.4, -0.2) is 44.2 Å².